The van der Waals surface area contributed by atoms with Crippen molar-refractivity contribution >= 4 is 11.6 Å². The Balaban J connectivity index is 1.46. The first-order valence-corrected chi connectivity index (χ1v) is 7.54. The van der Waals surface area contributed by atoms with Crippen molar-refractivity contribution in [3.8, 4) is 0 Å². The van der Waals surface area contributed by atoms with Crippen LogP contribution in [0, 0.1) is 5.92 Å². The number of benzene rings is 1. The molecule has 0 spiro atoms. The lowest BCUT2D eigenvalue weighted by Gasteiger charge is -2.25. The van der Waals surface area contributed by atoms with Crippen LogP contribution in [0.1, 0.15) is 24.8 Å². The number of carbonyl (C=O) groups is 1. The summed E-state index contributed by atoms with van der Waals surface area (Å²) >= 11 is 0. The Morgan fingerprint density at radius 3 is 3.15 bits per heavy atom. The van der Waals surface area contributed by atoms with Crippen molar-refractivity contribution in [2.45, 2.75) is 31.8 Å². The summed E-state index contributed by atoms with van der Waals surface area (Å²) in [7, 11) is 0. The van der Waals surface area contributed by atoms with Gasteiger partial charge in [0.25, 0.3) is 0 Å². The largest absolute Gasteiger partial charge is 0.384 e. The SMILES string of the molecule is O=C(NCCC1CCCO1)C1CNc2ccccc2C1. The lowest BCUT2D eigenvalue weighted by atomic mass is 9.93. The minimum atomic E-state index is 0.0365. The molecule has 0 aliphatic carbocycles. The third-order valence-electron chi connectivity index (χ3n) is 4.18. The number of rotatable bonds is 4. The van der Waals surface area contributed by atoms with Gasteiger partial charge in [0.1, 0.15) is 0 Å². The summed E-state index contributed by atoms with van der Waals surface area (Å²) in [6.07, 6.45) is 4.40. The van der Waals surface area contributed by atoms with Crippen LogP contribution in [0.4, 0.5) is 5.69 Å². The topological polar surface area (TPSA) is 50.4 Å². The van der Waals surface area contributed by atoms with Crippen molar-refractivity contribution in [1.29, 1.82) is 0 Å². The Morgan fingerprint density at radius 1 is 1.40 bits per heavy atom. The average Bonchev–Trinajstić information content (AvgIpc) is 3.00. The van der Waals surface area contributed by atoms with E-state index in [1.807, 2.05) is 12.1 Å². The van der Waals surface area contributed by atoms with Gasteiger partial charge in [-0.15, -0.1) is 0 Å². The van der Waals surface area contributed by atoms with Crippen LogP contribution >= 0.6 is 0 Å². The van der Waals surface area contributed by atoms with Crippen molar-refractivity contribution in [3.05, 3.63) is 29.8 Å². The van der Waals surface area contributed by atoms with Gasteiger partial charge < -0.3 is 15.4 Å². The average molecular weight is 274 g/mol. The van der Waals surface area contributed by atoms with E-state index in [-0.39, 0.29) is 11.8 Å². The van der Waals surface area contributed by atoms with Gasteiger partial charge in [0.2, 0.25) is 5.91 Å². The Bertz CT molecular complexity index is 469. The summed E-state index contributed by atoms with van der Waals surface area (Å²) in [6.45, 7) is 2.33. The van der Waals surface area contributed by atoms with Crippen molar-refractivity contribution < 1.29 is 9.53 Å². The second-order valence-corrected chi connectivity index (χ2v) is 5.65. The van der Waals surface area contributed by atoms with E-state index in [1.54, 1.807) is 0 Å². The molecule has 0 aromatic heterocycles. The van der Waals surface area contributed by atoms with Crippen molar-refractivity contribution in [2.24, 2.45) is 5.92 Å². The molecule has 2 unspecified atom stereocenters. The second kappa shape index (κ2) is 6.27. The van der Waals surface area contributed by atoms with Crippen LogP contribution in [0.3, 0.4) is 0 Å². The first kappa shape index (κ1) is 13.4. The Kier molecular flexibility index (Phi) is 4.21. The number of anilines is 1. The Hall–Kier alpha value is -1.55. The summed E-state index contributed by atoms with van der Waals surface area (Å²) in [6, 6.07) is 8.21. The van der Waals surface area contributed by atoms with Gasteiger partial charge in [-0.05, 0) is 37.3 Å². The van der Waals surface area contributed by atoms with Crippen LogP contribution < -0.4 is 10.6 Å². The number of fused-ring (bicyclic) bond motifs is 1. The van der Waals surface area contributed by atoms with Crippen LogP contribution in [0.25, 0.3) is 0 Å². The molecule has 2 aliphatic heterocycles. The van der Waals surface area contributed by atoms with E-state index in [9.17, 15) is 4.79 Å². The molecule has 1 aromatic carbocycles. The number of hydrogen-bond acceptors (Lipinski definition) is 3. The molecule has 0 radical (unpaired) electrons. The van der Waals surface area contributed by atoms with Gasteiger partial charge in [0.05, 0.1) is 12.0 Å². The molecule has 1 fully saturated rings. The zero-order chi connectivity index (χ0) is 13.8. The summed E-state index contributed by atoms with van der Waals surface area (Å²) in [5.74, 6) is 0.194. The third-order valence-corrected chi connectivity index (χ3v) is 4.18. The molecular weight excluding hydrogens is 252 g/mol. The van der Waals surface area contributed by atoms with Gasteiger partial charge in [-0.1, -0.05) is 18.2 Å². The number of amides is 1. The first-order valence-electron chi connectivity index (χ1n) is 7.54. The van der Waals surface area contributed by atoms with E-state index < -0.39 is 0 Å². The van der Waals surface area contributed by atoms with E-state index in [0.29, 0.717) is 6.10 Å². The maximum atomic E-state index is 12.2. The molecule has 2 heterocycles. The molecule has 1 amide bonds. The number of ether oxygens (including phenoxy) is 1. The highest BCUT2D eigenvalue weighted by molar-refractivity contribution is 5.80. The van der Waals surface area contributed by atoms with Crippen LogP contribution in [0.15, 0.2) is 24.3 Å². The van der Waals surface area contributed by atoms with Crippen LogP contribution in [0.2, 0.25) is 0 Å². The van der Waals surface area contributed by atoms with Gasteiger partial charge >= 0.3 is 0 Å². The summed E-state index contributed by atoms with van der Waals surface area (Å²) < 4.78 is 5.56. The lowest BCUT2D eigenvalue weighted by molar-refractivity contribution is -0.124. The van der Waals surface area contributed by atoms with E-state index in [0.717, 1.165) is 51.1 Å². The molecule has 1 saturated heterocycles. The Morgan fingerprint density at radius 2 is 2.30 bits per heavy atom. The van der Waals surface area contributed by atoms with Crippen molar-refractivity contribution in [2.75, 3.05) is 25.0 Å². The second-order valence-electron chi connectivity index (χ2n) is 5.65. The highest BCUT2D eigenvalue weighted by atomic mass is 16.5. The van der Waals surface area contributed by atoms with Gasteiger partial charge in [0, 0.05) is 25.4 Å². The third kappa shape index (κ3) is 3.12. The fourth-order valence-electron chi connectivity index (χ4n) is 3.00. The molecule has 2 aliphatic rings. The van der Waals surface area contributed by atoms with Gasteiger partial charge in [-0.25, -0.2) is 0 Å². The normalized spacial score (nSPS) is 24.8. The van der Waals surface area contributed by atoms with Gasteiger partial charge in [0.15, 0.2) is 0 Å². The number of para-hydroxylation sites is 1. The lowest BCUT2D eigenvalue weighted by Crippen LogP contribution is -2.39. The first-order chi connectivity index (χ1) is 9.83. The zero-order valence-electron chi connectivity index (χ0n) is 11.7. The van der Waals surface area contributed by atoms with Crippen LogP contribution in [-0.2, 0) is 16.0 Å². The molecule has 2 N–H and O–H groups in total. The standard InChI is InChI=1S/C16H22N2O2/c19-16(17-8-7-14-5-3-9-20-14)13-10-12-4-1-2-6-15(12)18-11-13/h1-2,4,6,13-14,18H,3,5,7-11H2,(H,17,19). The summed E-state index contributed by atoms with van der Waals surface area (Å²) in [5.41, 5.74) is 2.40. The molecule has 4 heteroatoms. The maximum Gasteiger partial charge on any atom is 0.225 e. The van der Waals surface area contributed by atoms with Crippen LogP contribution in [0.5, 0.6) is 0 Å². The molecule has 2 atom stereocenters. The van der Waals surface area contributed by atoms with E-state index in [2.05, 4.69) is 22.8 Å². The van der Waals surface area contributed by atoms with Crippen LogP contribution in [-0.4, -0.2) is 31.7 Å². The highest BCUT2D eigenvalue weighted by Gasteiger charge is 2.24. The monoisotopic (exact) mass is 274 g/mol. The van der Waals surface area contributed by atoms with E-state index in [1.165, 1.54) is 5.56 Å². The van der Waals surface area contributed by atoms with Gasteiger partial charge in [-0.3, -0.25) is 4.79 Å². The summed E-state index contributed by atoms with van der Waals surface area (Å²) in [5, 5.41) is 6.39. The molecule has 0 bridgehead atoms. The Labute approximate surface area is 119 Å². The predicted octanol–water partition coefficient (Wildman–Crippen LogP) is 1.96. The molecule has 108 valence electrons. The van der Waals surface area contributed by atoms with E-state index >= 15 is 0 Å². The van der Waals surface area contributed by atoms with Gasteiger partial charge in [-0.2, -0.15) is 0 Å². The molecule has 4 nitrogen and oxygen atoms in total. The molecular formula is C16H22N2O2. The molecule has 0 saturated carbocycles. The fraction of sp³-hybridized carbons (Fsp3) is 0.562. The van der Waals surface area contributed by atoms with Crippen molar-refractivity contribution in [3.63, 3.8) is 0 Å². The zero-order valence-corrected chi connectivity index (χ0v) is 11.7. The number of carbonyl (C=O) groups excluding carboxylic acids is 1. The number of nitrogens with one attached hydrogen (secondary N) is 2. The fourth-order valence-corrected chi connectivity index (χ4v) is 3.00. The minimum Gasteiger partial charge on any atom is -0.384 e. The highest BCUT2D eigenvalue weighted by Crippen LogP contribution is 2.24. The quantitative estimate of drug-likeness (QED) is 0.882. The maximum absolute atomic E-state index is 12.2. The van der Waals surface area contributed by atoms with E-state index in [4.69, 9.17) is 4.74 Å². The van der Waals surface area contributed by atoms with Crippen molar-refractivity contribution in [1.82, 2.24) is 5.32 Å². The molecule has 3 rings (SSSR count). The predicted molar refractivity (Wildman–Crippen MR) is 78.7 cm³/mol. The minimum absolute atomic E-state index is 0.0365. The molecule has 20 heavy (non-hydrogen) atoms. The smallest absolute Gasteiger partial charge is 0.225 e. The summed E-state index contributed by atoms with van der Waals surface area (Å²) in [4.78, 5) is 12.2. The number of hydrogen-bond donors (Lipinski definition) is 2. The molecule has 1 aromatic rings.